The minimum Gasteiger partial charge on any atom is -0.294 e. The number of hydrogen-bond donors (Lipinski definition) is 1. The first-order valence-electron chi connectivity index (χ1n) is 6.85. The van der Waals surface area contributed by atoms with Crippen molar-refractivity contribution in [1.29, 1.82) is 0 Å². The highest BCUT2D eigenvalue weighted by Gasteiger charge is 2.24. The van der Waals surface area contributed by atoms with Gasteiger partial charge in [0.15, 0.2) is 0 Å². The third-order valence-corrected chi connectivity index (χ3v) is 3.25. The fourth-order valence-electron chi connectivity index (χ4n) is 2.33. The molecule has 0 bridgehead atoms. The molecule has 0 saturated heterocycles. The summed E-state index contributed by atoms with van der Waals surface area (Å²) in [6.45, 7) is 8.50. The zero-order valence-corrected chi connectivity index (χ0v) is 12.2. The highest BCUT2D eigenvalue weighted by molar-refractivity contribution is 5.34. The van der Waals surface area contributed by atoms with Crippen LogP contribution in [0.25, 0.3) is 5.69 Å². The number of nitrogens with zero attached hydrogens (tertiary/aromatic N) is 1. The Hall–Kier alpha value is -1.77. The Balaban J connectivity index is 2.63. The second-order valence-electron chi connectivity index (χ2n) is 5.94. The molecular formula is C16H22N2O. The third-order valence-electron chi connectivity index (χ3n) is 3.25. The molecule has 0 fully saturated rings. The first-order chi connectivity index (χ1) is 8.95. The summed E-state index contributed by atoms with van der Waals surface area (Å²) < 4.78 is 1.66. The van der Waals surface area contributed by atoms with E-state index in [0.29, 0.717) is 0 Å². The summed E-state index contributed by atoms with van der Waals surface area (Å²) in [5, 5.41) is 3.30. The molecule has 19 heavy (non-hydrogen) atoms. The van der Waals surface area contributed by atoms with Gasteiger partial charge in [0.2, 0.25) is 0 Å². The molecule has 102 valence electrons. The quantitative estimate of drug-likeness (QED) is 0.900. The van der Waals surface area contributed by atoms with E-state index in [2.05, 4.69) is 32.8 Å². The molecule has 3 heteroatoms. The van der Waals surface area contributed by atoms with Gasteiger partial charge in [-0.1, -0.05) is 52.3 Å². The second-order valence-corrected chi connectivity index (χ2v) is 5.94. The Morgan fingerprint density at radius 2 is 1.79 bits per heavy atom. The van der Waals surface area contributed by atoms with Gasteiger partial charge in [0, 0.05) is 16.7 Å². The van der Waals surface area contributed by atoms with Gasteiger partial charge in [0.05, 0.1) is 5.69 Å². The summed E-state index contributed by atoms with van der Waals surface area (Å²) in [6, 6.07) is 9.73. The summed E-state index contributed by atoms with van der Waals surface area (Å²) in [7, 11) is 0. The maximum Gasteiger partial charge on any atom is 0.274 e. The van der Waals surface area contributed by atoms with Gasteiger partial charge in [-0.3, -0.25) is 9.89 Å². The van der Waals surface area contributed by atoms with Crippen LogP contribution in [0.5, 0.6) is 0 Å². The van der Waals surface area contributed by atoms with Crippen molar-refractivity contribution in [3.8, 4) is 5.69 Å². The van der Waals surface area contributed by atoms with Crippen LogP contribution >= 0.6 is 0 Å². The van der Waals surface area contributed by atoms with Crippen LogP contribution in [0.4, 0.5) is 0 Å². The van der Waals surface area contributed by atoms with Gasteiger partial charge in [0.1, 0.15) is 0 Å². The largest absolute Gasteiger partial charge is 0.294 e. The summed E-state index contributed by atoms with van der Waals surface area (Å²) in [4.78, 5) is 12.6. The molecule has 0 radical (unpaired) electrons. The molecule has 1 aromatic heterocycles. The summed E-state index contributed by atoms with van der Waals surface area (Å²) in [5.41, 5.74) is 2.88. The average Bonchev–Trinajstić information content (AvgIpc) is 2.69. The maximum atomic E-state index is 12.6. The van der Waals surface area contributed by atoms with E-state index in [-0.39, 0.29) is 11.0 Å². The van der Waals surface area contributed by atoms with E-state index in [4.69, 9.17) is 0 Å². The molecule has 0 aliphatic carbocycles. The second kappa shape index (κ2) is 5.08. The molecule has 0 amide bonds. The van der Waals surface area contributed by atoms with Gasteiger partial charge >= 0.3 is 0 Å². The number of H-pyrrole nitrogens is 1. The molecule has 0 saturated carbocycles. The number of rotatable bonds is 3. The van der Waals surface area contributed by atoms with Crippen molar-refractivity contribution in [3.05, 3.63) is 51.9 Å². The monoisotopic (exact) mass is 258 g/mol. The normalized spacial score (nSPS) is 11.8. The lowest BCUT2D eigenvalue weighted by atomic mass is 9.88. The van der Waals surface area contributed by atoms with Gasteiger partial charge in [0.25, 0.3) is 5.56 Å². The van der Waals surface area contributed by atoms with Crippen molar-refractivity contribution in [2.24, 2.45) is 0 Å². The van der Waals surface area contributed by atoms with Crippen molar-refractivity contribution >= 4 is 0 Å². The Morgan fingerprint density at radius 3 is 2.32 bits per heavy atom. The van der Waals surface area contributed by atoms with Crippen LogP contribution in [0.1, 0.15) is 45.4 Å². The van der Waals surface area contributed by atoms with Crippen LogP contribution in [0, 0.1) is 0 Å². The average molecular weight is 258 g/mol. The van der Waals surface area contributed by atoms with Crippen LogP contribution in [0.2, 0.25) is 0 Å². The zero-order chi connectivity index (χ0) is 14.0. The van der Waals surface area contributed by atoms with Crippen molar-refractivity contribution < 1.29 is 0 Å². The van der Waals surface area contributed by atoms with Crippen molar-refractivity contribution in [3.63, 3.8) is 0 Å². The van der Waals surface area contributed by atoms with Gasteiger partial charge in [-0.15, -0.1) is 0 Å². The molecule has 0 atom stereocenters. The van der Waals surface area contributed by atoms with E-state index < -0.39 is 0 Å². The topological polar surface area (TPSA) is 37.8 Å². The highest BCUT2D eigenvalue weighted by Crippen LogP contribution is 2.23. The van der Waals surface area contributed by atoms with Gasteiger partial charge < -0.3 is 0 Å². The molecule has 0 spiro atoms. The van der Waals surface area contributed by atoms with E-state index in [9.17, 15) is 4.79 Å². The number of aromatic nitrogens is 2. The number of hydrogen-bond acceptors (Lipinski definition) is 1. The molecule has 2 aromatic rings. The fraction of sp³-hybridized carbons (Fsp3) is 0.438. The van der Waals surface area contributed by atoms with Crippen LogP contribution in [0.15, 0.2) is 35.1 Å². The minimum atomic E-state index is -0.0519. The third kappa shape index (κ3) is 2.65. The zero-order valence-electron chi connectivity index (χ0n) is 12.2. The molecule has 0 aliphatic rings. The highest BCUT2D eigenvalue weighted by atomic mass is 16.1. The number of benzene rings is 1. The van der Waals surface area contributed by atoms with E-state index in [1.807, 2.05) is 30.3 Å². The smallest absolute Gasteiger partial charge is 0.274 e. The Morgan fingerprint density at radius 1 is 1.16 bits per heavy atom. The Labute approximate surface area is 114 Å². The first-order valence-corrected chi connectivity index (χ1v) is 6.85. The Kier molecular flexibility index (Phi) is 3.65. The van der Waals surface area contributed by atoms with Gasteiger partial charge in [-0.2, -0.15) is 0 Å². The van der Waals surface area contributed by atoms with Crippen LogP contribution in [-0.4, -0.2) is 9.78 Å². The SMILES string of the molecule is CCCc1c(C(C)(C)C)[nH]n(-c2ccccc2)c1=O. The van der Waals surface area contributed by atoms with E-state index >= 15 is 0 Å². The van der Waals surface area contributed by atoms with E-state index in [1.165, 1.54) is 0 Å². The first kappa shape index (κ1) is 13.7. The maximum absolute atomic E-state index is 12.6. The lowest BCUT2D eigenvalue weighted by Crippen LogP contribution is -2.18. The van der Waals surface area contributed by atoms with Gasteiger partial charge in [-0.25, -0.2) is 4.68 Å². The molecule has 0 unspecified atom stereocenters. The lowest BCUT2D eigenvalue weighted by molar-refractivity contribution is 0.553. The molecule has 3 nitrogen and oxygen atoms in total. The number of nitrogens with one attached hydrogen (secondary N) is 1. The van der Waals surface area contributed by atoms with Crippen molar-refractivity contribution in [1.82, 2.24) is 9.78 Å². The van der Waals surface area contributed by atoms with E-state index in [1.54, 1.807) is 4.68 Å². The van der Waals surface area contributed by atoms with Crippen molar-refractivity contribution in [2.45, 2.75) is 46.0 Å². The molecular weight excluding hydrogens is 236 g/mol. The molecule has 1 aromatic carbocycles. The fourth-order valence-corrected chi connectivity index (χ4v) is 2.33. The summed E-state index contributed by atoms with van der Waals surface area (Å²) in [5.74, 6) is 0. The molecule has 2 rings (SSSR count). The lowest BCUT2D eigenvalue weighted by Gasteiger charge is -2.18. The van der Waals surface area contributed by atoms with E-state index in [0.717, 1.165) is 29.8 Å². The summed E-state index contributed by atoms with van der Waals surface area (Å²) >= 11 is 0. The van der Waals surface area contributed by atoms with Gasteiger partial charge in [-0.05, 0) is 18.6 Å². The van der Waals surface area contributed by atoms with Crippen molar-refractivity contribution in [2.75, 3.05) is 0 Å². The number of para-hydroxylation sites is 1. The molecule has 1 heterocycles. The molecule has 0 aliphatic heterocycles. The van der Waals surface area contributed by atoms with Crippen LogP contribution in [0.3, 0.4) is 0 Å². The standard InChI is InChI=1S/C16H22N2O/c1-5-9-13-14(16(2,3)4)17-18(15(13)19)12-10-7-6-8-11-12/h6-8,10-11,17H,5,9H2,1-4H3. The Bertz CT molecular complexity index is 600. The predicted molar refractivity (Wildman–Crippen MR) is 79.1 cm³/mol. The van der Waals surface area contributed by atoms with Crippen LogP contribution < -0.4 is 5.56 Å². The number of aromatic amines is 1. The molecule has 1 N–H and O–H groups in total. The minimum absolute atomic E-state index is 0.0519. The predicted octanol–water partition coefficient (Wildman–Crippen LogP) is 3.42. The van der Waals surface area contributed by atoms with Crippen LogP contribution in [-0.2, 0) is 11.8 Å². The summed E-state index contributed by atoms with van der Waals surface area (Å²) in [6.07, 6.45) is 1.80.